The molecule has 0 saturated heterocycles. The van der Waals surface area contributed by atoms with E-state index in [1.54, 1.807) is 25.1 Å². The largest absolute Gasteiger partial charge is 0.486 e. The molecule has 0 radical (unpaired) electrons. The lowest BCUT2D eigenvalue weighted by molar-refractivity contribution is -0.138. The van der Waals surface area contributed by atoms with Crippen LogP contribution in [0, 0.1) is 0 Å². The molecule has 2 aromatic carbocycles. The molecule has 33 heavy (non-hydrogen) atoms. The maximum Gasteiger partial charge on any atom is 0.244 e. The van der Waals surface area contributed by atoms with Gasteiger partial charge < -0.3 is 19.7 Å². The fourth-order valence-electron chi connectivity index (χ4n) is 3.58. The third-order valence-electron chi connectivity index (χ3n) is 5.39. The number of nitrogens with one attached hydrogen (secondary N) is 1. The van der Waals surface area contributed by atoms with E-state index < -0.39 is 28.5 Å². The molecule has 0 aromatic heterocycles. The van der Waals surface area contributed by atoms with Gasteiger partial charge in [-0.05, 0) is 31.0 Å². The number of fused-ring (bicyclic) bond motifs is 1. The van der Waals surface area contributed by atoms with E-state index in [0.717, 1.165) is 16.1 Å². The van der Waals surface area contributed by atoms with Crippen LogP contribution in [-0.2, 0) is 26.0 Å². The lowest BCUT2D eigenvalue weighted by Crippen LogP contribution is -2.51. The van der Waals surface area contributed by atoms with E-state index in [-0.39, 0.29) is 18.1 Å². The molecule has 9 nitrogen and oxygen atoms in total. The van der Waals surface area contributed by atoms with E-state index >= 15 is 0 Å². The number of likely N-dealkylation sites (N-methyl/N-ethyl adjacent to an activating group) is 1. The van der Waals surface area contributed by atoms with Crippen molar-refractivity contribution in [2.75, 3.05) is 43.9 Å². The first-order valence-corrected chi connectivity index (χ1v) is 12.5. The predicted molar refractivity (Wildman–Crippen MR) is 125 cm³/mol. The Hall–Kier alpha value is -3.27. The molecule has 3 rings (SSSR count). The fraction of sp³-hybridized carbons (Fsp3) is 0.391. The van der Waals surface area contributed by atoms with Gasteiger partial charge in [-0.25, -0.2) is 8.42 Å². The molecular formula is C23H29N3O6S. The number of carbonyl (C=O) groups excluding carboxylic acids is 2. The van der Waals surface area contributed by atoms with E-state index in [9.17, 15) is 18.0 Å². The Bertz CT molecular complexity index is 1090. The van der Waals surface area contributed by atoms with Crippen LogP contribution in [0.1, 0.15) is 12.5 Å². The van der Waals surface area contributed by atoms with Gasteiger partial charge in [0.15, 0.2) is 11.5 Å². The third-order valence-corrected chi connectivity index (χ3v) is 6.53. The average Bonchev–Trinajstić information content (AvgIpc) is 2.81. The van der Waals surface area contributed by atoms with Gasteiger partial charge in [0.25, 0.3) is 0 Å². The van der Waals surface area contributed by atoms with Crippen LogP contribution in [0.25, 0.3) is 0 Å². The molecule has 10 heteroatoms. The van der Waals surface area contributed by atoms with Gasteiger partial charge in [-0.1, -0.05) is 30.3 Å². The lowest BCUT2D eigenvalue weighted by Gasteiger charge is -2.31. The van der Waals surface area contributed by atoms with Crippen LogP contribution < -0.4 is 19.1 Å². The van der Waals surface area contributed by atoms with Crippen molar-refractivity contribution in [1.29, 1.82) is 0 Å². The van der Waals surface area contributed by atoms with E-state index in [1.165, 1.54) is 11.9 Å². The summed E-state index contributed by atoms with van der Waals surface area (Å²) in [5.74, 6) is 0.117. The topological polar surface area (TPSA) is 105 Å². The first-order chi connectivity index (χ1) is 15.7. The molecule has 178 valence electrons. The monoisotopic (exact) mass is 475 g/mol. The second-order valence-electron chi connectivity index (χ2n) is 7.71. The maximum absolute atomic E-state index is 13.3. The van der Waals surface area contributed by atoms with Crippen molar-refractivity contribution in [3.63, 3.8) is 0 Å². The quantitative estimate of drug-likeness (QED) is 0.588. The van der Waals surface area contributed by atoms with Gasteiger partial charge in [0.05, 0.1) is 11.9 Å². The fourth-order valence-corrected chi connectivity index (χ4v) is 4.42. The Labute approximate surface area is 194 Å². The van der Waals surface area contributed by atoms with Crippen molar-refractivity contribution < 1.29 is 27.5 Å². The van der Waals surface area contributed by atoms with Gasteiger partial charge in [-0.2, -0.15) is 0 Å². The van der Waals surface area contributed by atoms with Crippen molar-refractivity contribution in [3.8, 4) is 11.5 Å². The van der Waals surface area contributed by atoms with Crippen LogP contribution in [0.15, 0.2) is 48.5 Å². The summed E-state index contributed by atoms with van der Waals surface area (Å²) >= 11 is 0. The highest BCUT2D eigenvalue weighted by Gasteiger charge is 2.30. The summed E-state index contributed by atoms with van der Waals surface area (Å²) in [6.07, 6.45) is 1.56. The second-order valence-corrected chi connectivity index (χ2v) is 9.62. The highest BCUT2D eigenvalue weighted by atomic mass is 32.2. The molecule has 2 aromatic rings. The van der Waals surface area contributed by atoms with E-state index in [4.69, 9.17) is 9.47 Å². The normalized spacial score (nSPS) is 13.7. The minimum atomic E-state index is -3.80. The predicted octanol–water partition coefficient (Wildman–Crippen LogP) is 1.43. The van der Waals surface area contributed by atoms with E-state index in [0.29, 0.717) is 31.1 Å². The summed E-state index contributed by atoms with van der Waals surface area (Å²) in [6, 6.07) is 13.5. The summed E-state index contributed by atoms with van der Waals surface area (Å²) in [6.45, 7) is 2.20. The molecule has 1 heterocycles. The number of amides is 2. The molecule has 1 atom stereocenters. The number of benzene rings is 2. The van der Waals surface area contributed by atoms with Gasteiger partial charge in [-0.3, -0.25) is 13.9 Å². The van der Waals surface area contributed by atoms with Crippen molar-refractivity contribution >= 4 is 27.5 Å². The summed E-state index contributed by atoms with van der Waals surface area (Å²) < 4.78 is 37.3. The van der Waals surface area contributed by atoms with Crippen molar-refractivity contribution in [3.05, 3.63) is 54.1 Å². The Morgan fingerprint density at radius 3 is 2.36 bits per heavy atom. The van der Waals surface area contributed by atoms with Crippen LogP contribution in [-0.4, -0.2) is 70.8 Å². The third kappa shape index (κ3) is 6.16. The average molecular weight is 476 g/mol. The molecule has 0 fully saturated rings. The van der Waals surface area contributed by atoms with E-state index in [1.807, 2.05) is 30.3 Å². The molecule has 1 unspecified atom stereocenters. The first-order valence-electron chi connectivity index (χ1n) is 10.6. The smallest absolute Gasteiger partial charge is 0.244 e. The number of hydrogen-bond donors (Lipinski definition) is 1. The summed E-state index contributed by atoms with van der Waals surface area (Å²) in [4.78, 5) is 27.0. The van der Waals surface area contributed by atoms with Crippen LogP contribution in [0.2, 0.25) is 0 Å². The van der Waals surface area contributed by atoms with Crippen LogP contribution in [0.4, 0.5) is 5.69 Å². The maximum atomic E-state index is 13.3. The van der Waals surface area contributed by atoms with Crippen molar-refractivity contribution in [2.45, 2.75) is 19.4 Å². The number of rotatable bonds is 9. The minimum Gasteiger partial charge on any atom is -0.486 e. The van der Waals surface area contributed by atoms with Gasteiger partial charge >= 0.3 is 0 Å². The zero-order valence-corrected chi connectivity index (χ0v) is 19.8. The minimum absolute atomic E-state index is 0.260. The summed E-state index contributed by atoms with van der Waals surface area (Å²) in [5.41, 5.74) is 1.29. The Balaban J connectivity index is 1.85. The molecule has 1 aliphatic heterocycles. The van der Waals surface area contributed by atoms with Crippen LogP contribution >= 0.6 is 0 Å². The van der Waals surface area contributed by atoms with E-state index in [2.05, 4.69) is 5.32 Å². The summed E-state index contributed by atoms with van der Waals surface area (Å²) in [5, 5.41) is 2.55. The van der Waals surface area contributed by atoms with Crippen molar-refractivity contribution in [1.82, 2.24) is 10.2 Å². The highest BCUT2D eigenvalue weighted by molar-refractivity contribution is 7.92. The molecule has 0 aliphatic carbocycles. The number of anilines is 1. The number of sulfonamides is 1. The Kier molecular flexibility index (Phi) is 7.80. The van der Waals surface area contributed by atoms with Gasteiger partial charge in [0.1, 0.15) is 25.8 Å². The van der Waals surface area contributed by atoms with Crippen LogP contribution in [0.3, 0.4) is 0 Å². The summed E-state index contributed by atoms with van der Waals surface area (Å²) in [7, 11) is -2.31. The van der Waals surface area contributed by atoms with Gasteiger partial charge in [0.2, 0.25) is 21.8 Å². The molecule has 1 N–H and O–H groups in total. The van der Waals surface area contributed by atoms with Gasteiger partial charge in [0, 0.05) is 19.7 Å². The number of ether oxygens (including phenoxy) is 2. The second kappa shape index (κ2) is 10.6. The number of hydrogen-bond acceptors (Lipinski definition) is 6. The first kappa shape index (κ1) is 24.4. The van der Waals surface area contributed by atoms with Crippen molar-refractivity contribution in [2.24, 2.45) is 0 Å². The molecule has 0 spiro atoms. The molecule has 1 aliphatic rings. The molecular weight excluding hydrogens is 446 g/mol. The zero-order chi connectivity index (χ0) is 24.0. The Morgan fingerprint density at radius 2 is 1.73 bits per heavy atom. The lowest BCUT2D eigenvalue weighted by atomic mass is 10.1. The molecule has 0 saturated carbocycles. The van der Waals surface area contributed by atoms with Gasteiger partial charge in [-0.15, -0.1) is 0 Å². The SMILES string of the molecule is CNC(=O)C(C)N(CCc1ccccc1)C(=O)CN(c1ccc2c(c1)OCCO2)S(C)(=O)=O. The zero-order valence-electron chi connectivity index (χ0n) is 19.0. The standard InChI is InChI=1S/C23H29N3O6S/c1-17(23(28)24-2)25(12-11-18-7-5-4-6-8-18)22(27)16-26(33(3,29)30)19-9-10-20-21(15-19)32-14-13-31-20/h4-10,15,17H,11-14,16H2,1-3H3,(H,24,28). The molecule has 0 bridgehead atoms. The Morgan fingerprint density at radius 1 is 1.06 bits per heavy atom. The van der Waals surface area contributed by atoms with Crippen LogP contribution in [0.5, 0.6) is 11.5 Å². The highest BCUT2D eigenvalue weighted by Crippen LogP contribution is 2.34. The number of nitrogens with zero attached hydrogens (tertiary/aromatic N) is 2. The number of carbonyl (C=O) groups is 2. The molecule has 2 amide bonds.